The number of para-hydroxylation sites is 1. The highest BCUT2D eigenvalue weighted by molar-refractivity contribution is 8.18. The Balaban J connectivity index is 1.34. The lowest BCUT2D eigenvalue weighted by Gasteiger charge is -2.12. The molecule has 3 aromatic rings. The van der Waals surface area contributed by atoms with Gasteiger partial charge in [0.1, 0.15) is 6.54 Å². The standard InChI is InChI=1S/C22H18ClN3O3S/c23-17-7-3-1-5-14(17)11-19-21(28)26(22(29)30-19)13-20(27)24-10-9-15-12-25-18-8-4-2-6-16(15)18/h1-8,11-12,25H,9-10,13H2,(H,24,27). The first-order valence-electron chi connectivity index (χ1n) is 9.34. The van der Waals surface area contributed by atoms with Crippen LogP contribution in [0.15, 0.2) is 59.6 Å². The topological polar surface area (TPSA) is 82.3 Å². The minimum absolute atomic E-state index is 0.250. The molecule has 0 spiro atoms. The van der Waals surface area contributed by atoms with Crippen molar-refractivity contribution in [2.45, 2.75) is 6.42 Å². The number of amides is 3. The number of fused-ring (bicyclic) bond motifs is 1. The van der Waals surface area contributed by atoms with E-state index in [4.69, 9.17) is 11.6 Å². The van der Waals surface area contributed by atoms with Crippen LogP contribution in [0.25, 0.3) is 17.0 Å². The highest BCUT2D eigenvalue weighted by Gasteiger charge is 2.36. The van der Waals surface area contributed by atoms with Crippen molar-refractivity contribution >= 4 is 57.4 Å². The molecule has 2 heterocycles. The van der Waals surface area contributed by atoms with Gasteiger partial charge in [-0.15, -0.1) is 0 Å². The lowest BCUT2D eigenvalue weighted by atomic mass is 10.1. The summed E-state index contributed by atoms with van der Waals surface area (Å²) in [6.45, 7) is 0.102. The zero-order valence-corrected chi connectivity index (χ0v) is 17.4. The number of nitrogens with zero attached hydrogens (tertiary/aromatic N) is 1. The van der Waals surface area contributed by atoms with Crippen molar-refractivity contribution in [2.24, 2.45) is 0 Å². The van der Waals surface area contributed by atoms with Crippen molar-refractivity contribution < 1.29 is 14.4 Å². The van der Waals surface area contributed by atoms with Gasteiger partial charge in [0.25, 0.3) is 11.1 Å². The molecule has 30 heavy (non-hydrogen) atoms. The van der Waals surface area contributed by atoms with Crippen LogP contribution in [0.3, 0.4) is 0 Å². The second kappa shape index (κ2) is 8.77. The minimum atomic E-state index is -0.489. The third-order valence-corrected chi connectivity index (χ3v) is 6.01. The van der Waals surface area contributed by atoms with E-state index in [9.17, 15) is 14.4 Å². The molecular weight excluding hydrogens is 422 g/mol. The van der Waals surface area contributed by atoms with E-state index in [1.807, 2.05) is 30.5 Å². The summed E-state index contributed by atoms with van der Waals surface area (Å²) in [5, 5.41) is 3.91. The van der Waals surface area contributed by atoms with Crippen LogP contribution in [-0.2, 0) is 16.0 Å². The number of H-pyrrole nitrogens is 1. The number of carbonyl (C=O) groups is 3. The largest absolute Gasteiger partial charge is 0.361 e. The Kier molecular flexibility index (Phi) is 5.92. The van der Waals surface area contributed by atoms with Gasteiger partial charge in [0.15, 0.2) is 0 Å². The number of thioether (sulfide) groups is 1. The second-order valence-corrected chi connectivity index (χ2v) is 8.15. The molecule has 3 amide bonds. The summed E-state index contributed by atoms with van der Waals surface area (Å²) < 4.78 is 0. The van der Waals surface area contributed by atoms with Crippen LogP contribution >= 0.6 is 23.4 Å². The Bertz CT molecular complexity index is 1170. The van der Waals surface area contributed by atoms with Gasteiger partial charge in [0, 0.05) is 28.7 Å². The normalized spacial score (nSPS) is 15.4. The highest BCUT2D eigenvalue weighted by Crippen LogP contribution is 2.33. The van der Waals surface area contributed by atoms with Crippen LogP contribution in [0.2, 0.25) is 5.02 Å². The number of hydrogen-bond acceptors (Lipinski definition) is 4. The van der Waals surface area contributed by atoms with Gasteiger partial charge < -0.3 is 10.3 Å². The van der Waals surface area contributed by atoms with E-state index in [0.29, 0.717) is 23.6 Å². The van der Waals surface area contributed by atoms with Gasteiger partial charge in [-0.1, -0.05) is 48.0 Å². The minimum Gasteiger partial charge on any atom is -0.361 e. The maximum Gasteiger partial charge on any atom is 0.294 e. The molecule has 1 aromatic heterocycles. The molecule has 1 saturated heterocycles. The first-order chi connectivity index (χ1) is 14.5. The van der Waals surface area contributed by atoms with E-state index in [1.165, 1.54) is 0 Å². The third-order valence-electron chi connectivity index (χ3n) is 4.76. The average molecular weight is 440 g/mol. The number of rotatable bonds is 6. The maximum absolute atomic E-state index is 12.6. The molecule has 1 aliphatic heterocycles. The van der Waals surface area contributed by atoms with Gasteiger partial charge in [-0.2, -0.15) is 0 Å². The predicted molar refractivity (Wildman–Crippen MR) is 119 cm³/mol. The predicted octanol–water partition coefficient (Wildman–Crippen LogP) is 4.22. The molecule has 2 aromatic carbocycles. The molecule has 1 aliphatic rings. The third kappa shape index (κ3) is 4.27. The summed E-state index contributed by atoms with van der Waals surface area (Å²) in [4.78, 5) is 41.5. The van der Waals surface area contributed by atoms with Gasteiger partial charge in [-0.05, 0) is 47.5 Å². The van der Waals surface area contributed by atoms with Crippen molar-refractivity contribution in [1.82, 2.24) is 15.2 Å². The first kappa shape index (κ1) is 20.3. The van der Waals surface area contributed by atoms with Gasteiger partial charge in [0.2, 0.25) is 5.91 Å². The molecule has 0 radical (unpaired) electrons. The van der Waals surface area contributed by atoms with Crippen molar-refractivity contribution in [3.05, 3.63) is 75.8 Å². The van der Waals surface area contributed by atoms with Crippen LogP contribution in [0, 0.1) is 0 Å². The fourth-order valence-corrected chi connectivity index (χ4v) is 4.26. The number of carbonyl (C=O) groups excluding carboxylic acids is 3. The first-order valence-corrected chi connectivity index (χ1v) is 10.5. The fraction of sp³-hybridized carbons (Fsp3) is 0.136. The van der Waals surface area contributed by atoms with E-state index in [2.05, 4.69) is 10.3 Å². The van der Waals surface area contributed by atoms with E-state index < -0.39 is 11.1 Å². The molecule has 4 rings (SSSR count). The molecule has 0 unspecified atom stereocenters. The summed E-state index contributed by atoms with van der Waals surface area (Å²) in [6.07, 6.45) is 4.14. The number of aromatic amines is 1. The van der Waals surface area contributed by atoms with Gasteiger partial charge in [-0.25, -0.2) is 0 Å². The number of imide groups is 1. The monoisotopic (exact) mass is 439 g/mol. The van der Waals surface area contributed by atoms with Gasteiger partial charge >= 0.3 is 0 Å². The molecule has 8 heteroatoms. The summed E-state index contributed by atoms with van der Waals surface area (Å²) in [6, 6.07) is 15.0. The smallest absolute Gasteiger partial charge is 0.294 e. The molecular formula is C22H18ClN3O3S. The Morgan fingerprint density at radius 1 is 1.13 bits per heavy atom. The van der Waals surface area contributed by atoms with Crippen LogP contribution in [0.4, 0.5) is 4.79 Å². The van der Waals surface area contributed by atoms with Crippen molar-refractivity contribution in [2.75, 3.05) is 13.1 Å². The molecule has 2 N–H and O–H groups in total. The highest BCUT2D eigenvalue weighted by atomic mass is 35.5. The molecule has 0 saturated carbocycles. The molecule has 1 fully saturated rings. The van der Waals surface area contributed by atoms with Gasteiger partial charge in [0.05, 0.1) is 4.91 Å². The number of benzene rings is 2. The number of nitrogens with one attached hydrogen (secondary N) is 2. The van der Waals surface area contributed by atoms with Crippen molar-refractivity contribution in [1.29, 1.82) is 0 Å². The Morgan fingerprint density at radius 3 is 2.73 bits per heavy atom. The Labute approximate surface area is 182 Å². The summed E-state index contributed by atoms with van der Waals surface area (Å²) in [5.41, 5.74) is 2.79. The zero-order valence-electron chi connectivity index (χ0n) is 15.9. The van der Waals surface area contributed by atoms with Crippen LogP contribution in [-0.4, -0.2) is 40.0 Å². The maximum atomic E-state index is 12.6. The molecule has 0 aliphatic carbocycles. The SMILES string of the molecule is O=C(CN1C(=O)SC(=Cc2ccccc2Cl)C1=O)NCCc1c[nH]c2ccccc12. The zero-order chi connectivity index (χ0) is 21.1. The summed E-state index contributed by atoms with van der Waals surface area (Å²) in [7, 11) is 0. The van der Waals surface area contributed by atoms with Crippen LogP contribution in [0.1, 0.15) is 11.1 Å². The average Bonchev–Trinajstić information content (AvgIpc) is 3.26. The lowest BCUT2D eigenvalue weighted by Crippen LogP contribution is -2.40. The van der Waals surface area contributed by atoms with E-state index in [1.54, 1.807) is 30.3 Å². The lowest BCUT2D eigenvalue weighted by molar-refractivity contribution is -0.129. The van der Waals surface area contributed by atoms with Crippen molar-refractivity contribution in [3.63, 3.8) is 0 Å². The molecule has 152 valence electrons. The van der Waals surface area contributed by atoms with Crippen LogP contribution < -0.4 is 5.32 Å². The summed E-state index contributed by atoms with van der Waals surface area (Å²) >= 11 is 6.92. The quantitative estimate of drug-likeness (QED) is 0.563. The van der Waals surface area contributed by atoms with E-state index in [-0.39, 0.29) is 17.4 Å². The second-order valence-electron chi connectivity index (χ2n) is 6.75. The summed E-state index contributed by atoms with van der Waals surface area (Å²) in [5.74, 6) is -0.868. The van der Waals surface area contributed by atoms with E-state index in [0.717, 1.165) is 33.1 Å². The molecule has 6 nitrogen and oxygen atoms in total. The van der Waals surface area contributed by atoms with Crippen molar-refractivity contribution in [3.8, 4) is 0 Å². The Morgan fingerprint density at radius 2 is 1.90 bits per heavy atom. The van der Waals surface area contributed by atoms with E-state index >= 15 is 0 Å². The number of hydrogen-bond donors (Lipinski definition) is 2. The van der Waals surface area contributed by atoms with Gasteiger partial charge in [-0.3, -0.25) is 19.3 Å². The molecule has 0 atom stereocenters. The number of aromatic nitrogens is 1. The molecule has 0 bridgehead atoms. The Hall–Kier alpha value is -3.03. The number of halogens is 1. The fourth-order valence-electron chi connectivity index (χ4n) is 3.24. The van der Waals surface area contributed by atoms with Crippen LogP contribution in [0.5, 0.6) is 0 Å².